The van der Waals surface area contributed by atoms with E-state index in [0.29, 0.717) is 5.16 Å². The second kappa shape index (κ2) is 5.25. The number of thioether (sulfide) groups is 1. The lowest BCUT2D eigenvalue weighted by molar-refractivity contribution is -0.117. The maximum Gasteiger partial charge on any atom is 0.321 e. The molecule has 8 nitrogen and oxygen atoms in total. The van der Waals surface area contributed by atoms with Crippen LogP contribution in [0.1, 0.15) is 12.8 Å². The van der Waals surface area contributed by atoms with Gasteiger partial charge in [0.25, 0.3) is 0 Å². The third kappa shape index (κ3) is 3.36. The second-order valence-electron chi connectivity index (χ2n) is 3.98. The van der Waals surface area contributed by atoms with Crippen LogP contribution in [0.2, 0.25) is 0 Å². The molecule has 1 aromatic heterocycles. The predicted molar refractivity (Wildman–Crippen MR) is 65.8 cm³/mol. The van der Waals surface area contributed by atoms with Gasteiger partial charge in [-0.15, -0.1) is 10.2 Å². The summed E-state index contributed by atoms with van der Waals surface area (Å²) >= 11 is 1.17. The molecule has 1 heterocycles. The van der Waals surface area contributed by atoms with Crippen molar-refractivity contribution >= 4 is 29.6 Å². The molecule has 18 heavy (non-hydrogen) atoms. The van der Waals surface area contributed by atoms with Crippen LogP contribution in [0, 0.1) is 0 Å². The van der Waals surface area contributed by atoms with Crippen molar-refractivity contribution in [3.05, 3.63) is 0 Å². The van der Waals surface area contributed by atoms with Crippen LogP contribution in [0.25, 0.3) is 0 Å². The molecular formula is C9H14N6O2S. The van der Waals surface area contributed by atoms with Gasteiger partial charge in [-0.25, -0.2) is 4.79 Å². The normalized spacial score (nSPS) is 14.3. The Bertz CT molecular complexity index is 470. The molecule has 1 fully saturated rings. The first-order chi connectivity index (χ1) is 8.56. The van der Waals surface area contributed by atoms with E-state index in [9.17, 15) is 9.59 Å². The van der Waals surface area contributed by atoms with E-state index < -0.39 is 6.03 Å². The number of carbonyl (C=O) groups is 2. The number of hydrogen-bond acceptors (Lipinski definition) is 6. The number of nitrogens with one attached hydrogen (secondary N) is 2. The molecule has 0 spiro atoms. The molecule has 1 aliphatic carbocycles. The van der Waals surface area contributed by atoms with Gasteiger partial charge in [-0.05, 0) is 12.8 Å². The molecular weight excluding hydrogens is 256 g/mol. The molecule has 0 saturated heterocycles. The summed E-state index contributed by atoms with van der Waals surface area (Å²) in [5.74, 6) is -0.00606. The first-order valence-corrected chi connectivity index (χ1v) is 6.43. The average Bonchev–Trinajstić information content (AvgIpc) is 3.05. The Labute approximate surface area is 108 Å². The Morgan fingerprint density at radius 1 is 1.50 bits per heavy atom. The quantitative estimate of drug-likeness (QED) is 0.634. The van der Waals surface area contributed by atoms with Crippen molar-refractivity contribution in [1.82, 2.24) is 25.4 Å². The van der Waals surface area contributed by atoms with Crippen molar-refractivity contribution in [3.8, 4) is 0 Å². The number of urea groups is 1. The van der Waals surface area contributed by atoms with Gasteiger partial charge >= 0.3 is 6.03 Å². The zero-order chi connectivity index (χ0) is 13.1. The standard InChI is InChI=1S/C9H14N6O2S/c1-15-7(10)13-14-9(15)18-4-6(16)12-8(17)11-5-2-3-5/h5H,2-4H2,1H3,(H2,10,13)(H2,11,12,16,17). The van der Waals surface area contributed by atoms with E-state index in [-0.39, 0.29) is 23.7 Å². The molecule has 0 atom stereocenters. The van der Waals surface area contributed by atoms with Crippen molar-refractivity contribution < 1.29 is 9.59 Å². The summed E-state index contributed by atoms with van der Waals surface area (Å²) in [5, 5.41) is 12.9. The number of nitrogens with zero attached hydrogens (tertiary/aromatic N) is 3. The summed E-state index contributed by atoms with van der Waals surface area (Å²) in [7, 11) is 1.70. The van der Waals surface area contributed by atoms with E-state index in [4.69, 9.17) is 5.73 Å². The Balaban J connectivity index is 1.74. The van der Waals surface area contributed by atoms with Crippen LogP contribution < -0.4 is 16.4 Å². The Hall–Kier alpha value is -1.77. The van der Waals surface area contributed by atoms with E-state index in [1.165, 1.54) is 11.8 Å². The number of aromatic nitrogens is 3. The fraction of sp³-hybridized carbons (Fsp3) is 0.556. The number of amides is 3. The van der Waals surface area contributed by atoms with Crippen LogP contribution in [0.15, 0.2) is 5.16 Å². The summed E-state index contributed by atoms with van der Waals surface area (Å²) in [5.41, 5.74) is 5.50. The zero-order valence-corrected chi connectivity index (χ0v) is 10.7. The van der Waals surface area contributed by atoms with Crippen molar-refractivity contribution in [2.75, 3.05) is 11.5 Å². The average molecular weight is 270 g/mol. The molecule has 3 amide bonds. The van der Waals surface area contributed by atoms with Gasteiger partial charge in [0, 0.05) is 13.1 Å². The van der Waals surface area contributed by atoms with Crippen molar-refractivity contribution in [2.45, 2.75) is 24.0 Å². The molecule has 9 heteroatoms. The number of rotatable bonds is 4. The highest BCUT2D eigenvalue weighted by Crippen LogP contribution is 2.18. The highest BCUT2D eigenvalue weighted by Gasteiger charge is 2.23. The summed E-state index contributed by atoms with van der Waals surface area (Å²) in [4.78, 5) is 22.7. The lowest BCUT2D eigenvalue weighted by atomic mass is 10.6. The lowest BCUT2D eigenvalue weighted by Gasteiger charge is -2.05. The Morgan fingerprint density at radius 2 is 2.22 bits per heavy atom. The van der Waals surface area contributed by atoms with E-state index in [1.807, 2.05) is 0 Å². The van der Waals surface area contributed by atoms with E-state index in [1.54, 1.807) is 11.6 Å². The molecule has 98 valence electrons. The molecule has 0 unspecified atom stereocenters. The van der Waals surface area contributed by atoms with Crippen LogP contribution in [-0.2, 0) is 11.8 Å². The summed E-state index contributed by atoms with van der Waals surface area (Å²) < 4.78 is 1.57. The Kier molecular flexibility index (Phi) is 3.70. The van der Waals surface area contributed by atoms with E-state index >= 15 is 0 Å². The molecule has 1 saturated carbocycles. The zero-order valence-electron chi connectivity index (χ0n) is 9.84. The highest BCUT2D eigenvalue weighted by molar-refractivity contribution is 7.99. The molecule has 0 aromatic carbocycles. The van der Waals surface area contributed by atoms with Crippen LogP contribution in [0.5, 0.6) is 0 Å². The minimum Gasteiger partial charge on any atom is -0.368 e. The molecule has 2 rings (SSSR count). The van der Waals surface area contributed by atoms with Crippen LogP contribution in [-0.4, -0.2) is 38.5 Å². The smallest absolute Gasteiger partial charge is 0.321 e. The van der Waals surface area contributed by atoms with E-state index in [2.05, 4.69) is 20.8 Å². The molecule has 0 radical (unpaired) electrons. The number of carbonyl (C=O) groups excluding carboxylic acids is 2. The maximum absolute atomic E-state index is 11.5. The molecule has 0 aliphatic heterocycles. The number of nitrogens with two attached hydrogens (primary N) is 1. The number of nitrogen functional groups attached to an aromatic ring is 1. The van der Waals surface area contributed by atoms with Gasteiger partial charge in [-0.1, -0.05) is 11.8 Å². The Morgan fingerprint density at radius 3 is 2.78 bits per heavy atom. The topological polar surface area (TPSA) is 115 Å². The third-order valence-corrected chi connectivity index (χ3v) is 3.39. The largest absolute Gasteiger partial charge is 0.368 e. The van der Waals surface area contributed by atoms with Crippen LogP contribution >= 0.6 is 11.8 Å². The molecule has 4 N–H and O–H groups in total. The monoisotopic (exact) mass is 270 g/mol. The highest BCUT2D eigenvalue weighted by atomic mass is 32.2. The lowest BCUT2D eigenvalue weighted by Crippen LogP contribution is -2.41. The number of hydrogen-bond donors (Lipinski definition) is 3. The number of anilines is 1. The first kappa shape index (κ1) is 12.7. The number of imide groups is 1. The van der Waals surface area contributed by atoms with Crippen molar-refractivity contribution in [3.63, 3.8) is 0 Å². The van der Waals surface area contributed by atoms with Crippen molar-refractivity contribution in [1.29, 1.82) is 0 Å². The van der Waals surface area contributed by atoms with Gasteiger partial charge in [0.1, 0.15) is 0 Å². The van der Waals surface area contributed by atoms with Crippen LogP contribution in [0.4, 0.5) is 10.7 Å². The summed E-state index contributed by atoms with van der Waals surface area (Å²) in [6.45, 7) is 0. The van der Waals surface area contributed by atoms with Gasteiger partial charge in [0.05, 0.1) is 5.75 Å². The fourth-order valence-electron chi connectivity index (χ4n) is 1.19. The minimum atomic E-state index is -0.444. The van der Waals surface area contributed by atoms with Gasteiger partial charge in [0.15, 0.2) is 5.16 Å². The molecule has 1 aliphatic rings. The molecule has 0 bridgehead atoms. The van der Waals surface area contributed by atoms with Gasteiger partial charge in [-0.2, -0.15) is 0 Å². The predicted octanol–water partition coefficient (Wildman–Crippen LogP) is -0.522. The summed E-state index contributed by atoms with van der Waals surface area (Å²) in [6, 6.07) is -0.218. The van der Waals surface area contributed by atoms with E-state index in [0.717, 1.165) is 12.8 Å². The molecule has 1 aromatic rings. The van der Waals surface area contributed by atoms with Crippen molar-refractivity contribution in [2.24, 2.45) is 7.05 Å². The first-order valence-electron chi connectivity index (χ1n) is 5.44. The minimum absolute atomic E-state index is 0.0874. The van der Waals surface area contributed by atoms with Gasteiger partial charge < -0.3 is 11.1 Å². The summed E-state index contributed by atoms with van der Waals surface area (Å²) in [6.07, 6.45) is 1.96. The SMILES string of the molecule is Cn1c(N)nnc1SCC(=O)NC(=O)NC1CC1. The fourth-order valence-corrected chi connectivity index (χ4v) is 1.91. The second-order valence-corrected chi connectivity index (χ2v) is 4.93. The maximum atomic E-state index is 11.5. The van der Waals surface area contributed by atoms with Gasteiger partial charge in [-0.3, -0.25) is 14.7 Å². The van der Waals surface area contributed by atoms with Gasteiger partial charge in [0.2, 0.25) is 11.9 Å². The van der Waals surface area contributed by atoms with Crippen LogP contribution in [0.3, 0.4) is 0 Å². The third-order valence-electron chi connectivity index (χ3n) is 2.37.